The molecule has 1 aliphatic carbocycles. The predicted octanol–water partition coefficient (Wildman–Crippen LogP) is 2.04. The van der Waals surface area contributed by atoms with Gasteiger partial charge in [-0.25, -0.2) is 0 Å². The molecule has 1 saturated carbocycles. The largest absolute Gasteiger partial charge is 0.393 e. The van der Waals surface area contributed by atoms with Gasteiger partial charge >= 0.3 is 0 Å². The summed E-state index contributed by atoms with van der Waals surface area (Å²) in [6.45, 7) is 7.92. The lowest BCUT2D eigenvalue weighted by Gasteiger charge is -2.42. The summed E-state index contributed by atoms with van der Waals surface area (Å²) in [5.41, 5.74) is 0.412. The first-order valence-corrected chi connectivity index (χ1v) is 7.58. The van der Waals surface area contributed by atoms with Crippen molar-refractivity contribution in [1.29, 1.82) is 0 Å². The van der Waals surface area contributed by atoms with Crippen LogP contribution in [0.4, 0.5) is 0 Å². The van der Waals surface area contributed by atoms with Gasteiger partial charge in [-0.1, -0.05) is 13.8 Å². The number of likely N-dealkylation sites (tertiary alicyclic amines) is 1. The molecular weight excluding hydrogens is 226 g/mol. The van der Waals surface area contributed by atoms with Crippen molar-refractivity contribution in [3.8, 4) is 0 Å². The highest BCUT2D eigenvalue weighted by molar-refractivity contribution is 4.90. The maximum absolute atomic E-state index is 10.2. The van der Waals surface area contributed by atoms with Gasteiger partial charge in [0.1, 0.15) is 0 Å². The van der Waals surface area contributed by atoms with Crippen LogP contribution < -0.4 is 0 Å². The van der Waals surface area contributed by atoms with Crippen LogP contribution in [0.5, 0.6) is 0 Å². The van der Waals surface area contributed by atoms with E-state index in [-0.39, 0.29) is 6.10 Å². The number of morpholine rings is 1. The Balaban J connectivity index is 1.58. The SMILES string of the molecule is CC1(C)CCC(O)C(CN2CC3CCC(C2)O3)C1. The zero-order valence-corrected chi connectivity index (χ0v) is 11.8. The maximum Gasteiger partial charge on any atom is 0.0707 e. The zero-order chi connectivity index (χ0) is 12.8. The summed E-state index contributed by atoms with van der Waals surface area (Å²) < 4.78 is 5.88. The molecular formula is C15H27NO2. The first-order valence-electron chi connectivity index (χ1n) is 7.58. The van der Waals surface area contributed by atoms with E-state index in [1.165, 1.54) is 25.7 Å². The number of nitrogens with zero attached hydrogens (tertiary/aromatic N) is 1. The van der Waals surface area contributed by atoms with Crippen molar-refractivity contribution in [3.05, 3.63) is 0 Å². The van der Waals surface area contributed by atoms with Crippen LogP contribution in [0.25, 0.3) is 0 Å². The molecule has 18 heavy (non-hydrogen) atoms. The molecule has 2 bridgehead atoms. The molecule has 3 heteroatoms. The minimum absolute atomic E-state index is 0.0847. The Bertz CT molecular complexity index is 293. The molecule has 3 rings (SSSR count). The van der Waals surface area contributed by atoms with E-state index in [9.17, 15) is 5.11 Å². The first kappa shape index (κ1) is 12.9. The van der Waals surface area contributed by atoms with Crippen molar-refractivity contribution in [2.45, 2.75) is 64.3 Å². The standard InChI is InChI=1S/C15H27NO2/c1-15(2)6-5-14(17)11(7-15)8-16-9-12-3-4-13(10-16)18-12/h11-14,17H,3-10H2,1-2H3. The van der Waals surface area contributed by atoms with Crippen LogP contribution in [0, 0.1) is 11.3 Å². The Hall–Kier alpha value is -0.120. The summed E-state index contributed by atoms with van der Waals surface area (Å²) >= 11 is 0. The van der Waals surface area contributed by atoms with Gasteiger partial charge in [-0.2, -0.15) is 0 Å². The summed E-state index contributed by atoms with van der Waals surface area (Å²) in [5.74, 6) is 0.464. The van der Waals surface area contributed by atoms with Crippen molar-refractivity contribution in [3.63, 3.8) is 0 Å². The van der Waals surface area contributed by atoms with E-state index < -0.39 is 0 Å². The van der Waals surface area contributed by atoms with Crippen LogP contribution in [-0.2, 0) is 4.74 Å². The van der Waals surface area contributed by atoms with Crippen LogP contribution in [0.15, 0.2) is 0 Å². The van der Waals surface area contributed by atoms with Crippen molar-refractivity contribution < 1.29 is 9.84 Å². The maximum atomic E-state index is 10.2. The third kappa shape index (κ3) is 2.73. The molecule has 2 aliphatic heterocycles. The lowest BCUT2D eigenvalue weighted by Crippen LogP contribution is -2.48. The van der Waals surface area contributed by atoms with Gasteiger partial charge < -0.3 is 9.84 Å². The van der Waals surface area contributed by atoms with Gasteiger partial charge in [-0.05, 0) is 43.4 Å². The Morgan fingerprint density at radius 2 is 1.83 bits per heavy atom. The lowest BCUT2D eigenvalue weighted by atomic mass is 9.70. The Kier molecular flexibility index (Phi) is 3.41. The summed E-state index contributed by atoms with van der Waals surface area (Å²) in [6, 6.07) is 0. The summed E-state index contributed by atoms with van der Waals surface area (Å²) in [4.78, 5) is 2.54. The van der Waals surface area contributed by atoms with E-state index in [4.69, 9.17) is 4.74 Å². The number of aliphatic hydroxyl groups is 1. The molecule has 0 amide bonds. The molecule has 0 aromatic carbocycles. The molecule has 0 aromatic heterocycles. The van der Waals surface area contributed by atoms with Gasteiger partial charge in [0.15, 0.2) is 0 Å². The highest BCUT2D eigenvalue weighted by Crippen LogP contribution is 2.39. The van der Waals surface area contributed by atoms with Gasteiger partial charge in [-0.15, -0.1) is 0 Å². The molecule has 4 unspecified atom stereocenters. The van der Waals surface area contributed by atoms with E-state index in [2.05, 4.69) is 18.7 Å². The molecule has 0 radical (unpaired) electrons. The quantitative estimate of drug-likeness (QED) is 0.817. The van der Waals surface area contributed by atoms with Crippen molar-refractivity contribution in [2.24, 2.45) is 11.3 Å². The van der Waals surface area contributed by atoms with Crippen molar-refractivity contribution in [1.82, 2.24) is 4.90 Å². The fourth-order valence-corrected chi connectivity index (χ4v) is 4.09. The first-order chi connectivity index (χ1) is 8.52. The van der Waals surface area contributed by atoms with Gasteiger partial charge in [0.2, 0.25) is 0 Å². The lowest BCUT2D eigenvalue weighted by molar-refractivity contribution is -0.0602. The summed E-state index contributed by atoms with van der Waals surface area (Å²) in [6.07, 6.45) is 6.64. The van der Waals surface area contributed by atoms with Crippen LogP contribution in [0.3, 0.4) is 0 Å². The highest BCUT2D eigenvalue weighted by atomic mass is 16.5. The molecule has 1 N–H and O–H groups in total. The Morgan fingerprint density at radius 3 is 2.50 bits per heavy atom. The van der Waals surface area contributed by atoms with E-state index in [0.29, 0.717) is 23.5 Å². The molecule has 2 saturated heterocycles. The number of fused-ring (bicyclic) bond motifs is 2. The summed E-state index contributed by atoms with van der Waals surface area (Å²) in [7, 11) is 0. The third-order valence-corrected chi connectivity index (χ3v) is 5.09. The number of hydrogen-bond donors (Lipinski definition) is 1. The van der Waals surface area contributed by atoms with E-state index in [0.717, 1.165) is 26.1 Å². The second kappa shape index (κ2) is 4.77. The third-order valence-electron chi connectivity index (χ3n) is 5.09. The second-order valence-corrected chi connectivity index (χ2v) is 7.41. The van der Waals surface area contributed by atoms with Crippen molar-refractivity contribution in [2.75, 3.05) is 19.6 Å². The Morgan fingerprint density at radius 1 is 1.17 bits per heavy atom. The molecule has 0 aromatic rings. The van der Waals surface area contributed by atoms with Crippen LogP contribution >= 0.6 is 0 Å². The van der Waals surface area contributed by atoms with Gasteiger partial charge in [0.05, 0.1) is 18.3 Å². The molecule has 4 atom stereocenters. The minimum atomic E-state index is -0.0847. The fourth-order valence-electron chi connectivity index (χ4n) is 4.09. The normalized spacial score (nSPS) is 44.2. The van der Waals surface area contributed by atoms with Crippen LogP contribution in [0.1, 0.15) is 46.0 Å². The minimum Gasteiger partial charge on any atom is -0.393 e. The monoisotopic (exact) mass is 253 g/mol. The topological polar surface area (TPSA) is 32.7 Å². The Labute approximate surface area is 110 Å². The molecule has 0 spiro atoms. The average Bonchev–Trinajstić information content (AvgIpc) is 2.63. The number of rotatable bonds is 2. The van der Waals surface area contributed by atoms with E-state index >= 15 is 0 Å². The molecule has 3 aliphatic rings. The predicted molar refractivity (Wildman–Crippen MR) is 71.5 cm³/mol. The molecule has 3 nitrogen and oxygen atoms in total. The molecule has 3 fully saturated rings. The second-order valence-electron chi connectivity index (χ2n) is 7.41. The fraction of sp³-hybridized carbons (Fsp3) is 1.00. The average molecular weight is 253 g/mol. The zero-order valence-electron chi connectivity index (χ0n) is 11.8. The van der Waals surface area contributed by atoms with Gasteiger partial charge in [0, 0.05) is 19.6 Å². The van der Waals surface area contributed by atoms with Crippen LogP contribution in [-0.4, -0.2) is 48.0 Å². The molecule has 2 heterocycles. The highest BCUT2D eigenvalue weighted by Gasteiger charge is 2.38. The van der Waals surface area contributed by atoms with E-state index in [1.807, 2.05) is 0 Å². The molecule has 104 valence electrons. The van der Waals surface area contributed by atoms with E-state index in [1.54, 1.807) is 0 Å². The van der Waals surface area contributed by atoms with Gasteiger partial charge in [-0.3, -0.25) is 4.90 Å². The number of ether oxygens (including phenoxy) is 1. The van der Waals surface area contributed by atoms with Gasteiger partial charge in [0.25, 0.3) is 0 Å². The van der Waals surface area contributed by atoms with Crippen LogP contribution in [0.2, 0.25) is 0 Å². The number of hydrogen-bond acceptors (Lipinski definition) is 3. The smallest absolute Gasteiger partial charge is 0.0707 e. The van der Waals surface area contributed by atoms with Crippen molar-refractivity contribution >= 4 is 0 Å². The number of aliphatic hydroxyl groups excluding tert-OH is 1. The summed E-state index contributed by atoms with van der Waals surface area (Å²) in [5, 5.41) is 10.2.